The number of nitro benzene ring substituents is 1. The first kappa shape index (κ1) is 21.9. The fraction of sp³-hybridized carbons (Fsp3) is 0.0476. The number of benzene rings is 2. The number of carbonyl (C=O) groups is 1. The number of anilines is 1. The molecule has 0 aliphatic rings. The van der Waals surface area contributed by atoms with E-state index in [9.17, 15) is 20.2 Å². The fourth-order valence-electron chi connectivity index (χ4n) is 2.64. The van der Waals surface area contributed by atoms with Crippen molar-refractivity contribution in [2.45, 2.75) is 0 Å². The van der Waals surface area contributed by atoms with Gasteiger partial charge in [-0.25, -0.2) is 0 Å². The van der Waals surface area contributed by atoms with Crippen LogP contribution in [0.15, 0.2) is 58.5 Å². The number of furan rings is 1. The van der Waals surface area contributed by atoms with Crippen molar-refractivity contribution in [3.63, 3.8) is 0 Å². The normalized spacial score (nSPS) is 11.0. The van der Waals surface area contributed by atoms with E-state index < -0.39 is 10.8 Å². The zero-order valence-corrected chi connectivity index (χ0v) is 17.4. The summed E-state index contributed by atoms with van der Waals surface area (Å²) in [6.07, 6.45) is 1.23. The number of halogens is 2. The maximum Gasteiger partial charge on any atom is 0.284 e. The summed E-state index contributed by atoms with van der Waals surface area (Å²) in [5, 5.41) is 23.9. The number of ether oxygens (including phenoxy) is 1. The van der Waals surface area contributed by atoms with Crippen molar-refractivity contribution in [1.29, 1.82) is 5.26 Å². The van der Waals surface area contributed by atoms with Gasteiger partial charge in [-0.2, -0.15) is 5.26 Å². The number of amides is 1. The van der Waals surface area contributed by atoms with Crippen LogP contribution in [0.1, 0.15) is 5.76 Å². The summed E-state index contributed by atoms with van der Waals surface area (Å²) >= 11 is 11.8. The fourth-order valence-corrected chi connectivity index (χ4v) is 2.93. The number of nitriles is 1. The second-order valence-electron chi connectivity index (χ2n) is 6.10. The average Bonchev–Trinajstić information content (AvgIpc) is 3.22. The van der Waals surface area contributed by atoms with Gasteiger partial charge in [-0.05, 0) is 42.5 Å². The molecule has 0 atom stereocenters. The lowest BCUT2D eigenvalue weighted by Crippen LogP contribution is -2.13. The van der Waals surface area contributed by atoms with E-state index >= 15 is 0 Å². The largest absolute Gasteiger partial charge is 0.497 e. The summed E-state index contributed by atoms with van der Waals surface area (Å²) < 4.78 is 10.6. The van der Waals surface area contributed by atoms with Crippen LogP contribution in [0, 0.1) is 21.4 Å². The molecule has 0 aliphatic carbocycles. The Morgan fingerprint density at radius 2 is 1.97 bits per heavy atom. The minimum Gasteiger partial charge on any atom is -0.497 e. The molecule has 0 fully saturated rings. The van der Waals surface area contributed by atoms with Gasteiger partial charge in [0.25, 0.3) is 11.6 Å². The Balaban J connectivity index is 1.87. The molecule has 3 aromatic rings. The molecule has 0 aliphatic heterocycles. The van der Waals surface area contributed by atoms with Gasteiger partial charge in [0.05, 0.1) is 33.7 Å². The summed E-state index contributed by atoms with van der Waals surface area (Å²) in [6, 6.07) is 13.6. The molecule has 3 rings (SSSR count). The van der Waals surface area contributed by atoms with Crippen LogP contribution in [0.4, 0.5) is 11.4 Å². The molecule has 2 aromatic carbocycles. The Bertz CT molecular complexity index is 1240. The number of carbonyl (C=O) groups excluding carboxylic acids is 1. The number of hydrogen-bond acceptors (Lipinski definition) is 6. The summed E-state index contributed by atoms with van der Waals surface area (Å²) in [7, 11) is 1.40. The topological polar surface area (TPSA) is 118 Å². The number of hydrogen-bond donors (Lipinski definition) is 1. The molecule has 0 saturated heterocycles. The molecule has 1 amide bonds. The zero-order valence-electron chi connectivity index (χ0n) is 15.9. The minimum atomic E-state index is -0.686. The van der Waals surface area contributed by atoms with E-state index in [1.807, 2.05) is 0 Å². The predicted octanol–water partition coefficient (Wildman–Crippen LogP) is 5.72. The van der Waals surface area contributed by atoms with E-state index in [0.29, 0.717) is 16.5 Å². The molecule has 0 saturated carbocycles. The monoisotopic (exact) mass is 457 g/mol. The molecular weight excluding hydrogens is 445 g/mol. The third-order valence-electron chi connectivity index (χ3n) is 4.12. The quantitative estimate of drug-likeness (QED) is 0.219. The lowest BCUT2D eigenvalue weighted by atomic mass is 10.1. The molecule has 0 spiro atoms. The van der Waals surface area contributed by atoms with Crippen LogP contribution in [0.2, 0.25) is 10.0 Å². The maximum atomic E-state index is 12.4. The summed E-state index contributed by atoms with van der Waals surface area (Å²) in [4.78, 5) is 23.2. The summed E-state index contributed by atoms with van der Waals surface area (Å²) in [6.45, 7) is 0. The van der Waals surface area contributed by atoms with Gasteiger partial charge < -0.3 is 14.5 Å². The van der Waals surface area contributed by atoms with Crippen molar-refractivity contribution < 1.29 is 18.9 Å². The van der Waals surface area contributed by atoms with Crippen LogP contribution >= 0.6 is 23.2 Å². The Morgan fingerprint density at radius 3 is 2.61 bits per heavy atom. The van der Waals surface area contributed by atoms with E-state index in [1.165, 1.54) is 55.7 Å². The summed E-state index contributed by atoms with van der Waals surface area (Å²) in [5.74, 6) is 0.00544. The Kier molecular flexibility index (Phi) is 6.60. The molecule has 0 bridgehead atoms. The molecule has 31 heavy (non-hydrogen) atoms. The number of nitro groups is 1. The van der Waals surface area contributed by atoms with Crippen molar-refractivity contribution >= 4 is 46.6 Å². The van der Waals surface area contributed by atoms with Crippen LogP contribution in [-0.2, 0) is 4.79 Å². The Hall–Kier alpha value is -3.80. The van der Waals surface area contributed by atoms with Crippen molar-refractivity contribution in [3.05, 3.63) is 80.0 Å². The number of nitrogens with one attached hydrogen (secondary N) is 1. The number of rotatable bonds is 6. The Morgan fingerprint density at radius 1 is 1.19 bits per heavy atom. The Labute approximate surface area is 186 Å². The van der Waals surface area contributed by atoms with Gasteiger partial charge in [0.1, 0.15) is 28.9 Å². The van der Waals surface area contributed by atoms with Gasteiger partial charge in [-0.15, -0.1) is 0 Å². The van der Waals surface area contributed by atoms with Crippen LogP contribution < -0.4 is 10.1 Å². The van der Waals surface area contributed by atoms with E-state index in [1.54, 1.807) is 12.1 Å². The lowest BCUT2D eigenvalue weighted by molar-refractivity contribution is -0.384. The maximum absolute atomic E-state index is 12.4. The third-order valence-corrected chi connectivity index (χ3v) is 4.86. The van der Waals surface area contributed by atoms with E-state index in [2.05, 4.69) is 5.32 Å². The molecule has 156 valence electrons. The average molecular weight is 458 g/mol. The highest BCUT2D eigenvalue weighted by atomic mass is 35.5. The standard InChI is InChI=1S/C21H13Cl2N3O5/c1-30-14-3-5-16(19(10-14)26(28)29)20-7-4-15(31-20)8-12(11-24)21(27)25-13-2-6-17(22)18(23)9-13/h2-10H,1H3,(H,25,27)/b12-8+. The minimum absolute atomic E-state index is 0.168. The lowest BCUT2D eigenvalue weighted by Gasteiger charge is -2.05. The second-order valence-corrected chi connectivity index (χ2v) is 6.91. The zero-order chi connectivity index (χ0) is 22.5. The van der Waals surface area contributed by atoms with Crippen molar-refractivity contribution in [1.82, 2.24) is 0 Å². The molecule has 10 heteroatoms. The first-order valence-electron chi connectivity index (χ1n) is 8.63. The first-order chi connectivity index (χ1) is 14.8. The van der Waals surface area contributed by atoms with Crippen molar-refractivity contribution in [2.24, 2.45) is 0 Å². The number of methoxy groups -OCH3 is 1. The van der Waals surface area contributed by atoms with Crippen molar-refractivity contribution in [2.75, 3.05) is 12.4 Å². The molecule has 0 unspecified atom stereocenters. The summed E-state index contributed by atoms with van der Waals surface area (Å²) in [5.41, 5.74) is 0.136. The molecule has 1 aromatic heterocycles. The highest BCUT2D eigenvalue weighted by Gasteiger charge is 2.20. The predicted molar refractivity (Wildman–Crippen MR) is 116 cm³/mol. The van der Waals surface area contributed by atoms with Crippen molar-refractivity contribution in [3.8, 4) is 23.1 Å². The molecule has 1 heterocycles. The molecule has 0 radical (unpaired) electrons. The van der Waals surface area contributed by atoms with Crippen LogP contribution in [0.5, 0.6) is 5.75 Å². The van der Waals surface area contributed by atoms with Gasteiger partial charge in [-0.1, -0.05) is 23.2 Å². The molecule has 1 N–H and O–H groups in total. The van der Waals surface area contributed by atoms with Gasteiger partial charge in [0.15, 0.2) is 0 Å². The van der Waals surface area contributed by atoms with Gasteiger partial charge in [0.2, 0.25) is 0 Å². The third kappa shape index (κ3) is 5.04. The number of nitrogens with zero attached hydrogens (tertiary/aromatic N) is 2. The van der Waals surface area contributed by atoms with E-state index in [0.717, 1.165) is 0 Å². The van der Waals surface area contributed by atoms with Crippen LogP contribution in [-0.4, -0.2) is 17.9 Å². The highest BCUT2D eigenvalue weighted by Crippen LogP contribution is 2.34. The molecule has 8 nitrogen and oxygen atoms in total. The smallest absolute Gasteiger partial charge is 0.284 e. The first-order valence-corrected chi connectivity index (χ1v) is 9.39. The highest BCUT2D eigenvalue weighted by molar-refractivity contribution is 6.42. The molecular formula is C21H13Cl2N3O5. The van der Waals surface area contributed by atoms with Gasteiger partial charge >= 0.3 is 0 Å². The van der Waals surface area contributed by atoms with E-state index in [-0.39, 0.29) is 33.4 Å². The second kappa shape index (κ2) is 9.34. The van der Waals surface area contributed by atoms with Gasteiger partial charge in [0, 0.05) is 11.8 Å². The van der Waals surface area contributed by atoms with E-state index in [4.69, 9.17) is 32.4 Å². The van der Waals surface area contributed by atoms with Crippen LogP contribution in [0.25, 0.3) is 17.4 Å². The van der Waals surface area contributed by atoms with Crippen LogP contribution in [0.3, 0.4) is 0 Å². The SMILES string of the molecule is COc1ccc(-c2ccc(/C=C(\C#N)C(=O)Nc3ccc(Cl)c(Cl)c3)o2)c([N+](=O)[O-])c1. The van der Waals surface area contributed by atoms with Gasteiger partial charge in [-0.3, -0.25) is 14.9 Å².